The number of hydrogen-bond acceptors (Lipinski definition) is 4. The minimum Gasteiger partial charge on any atom is -0.355 e. The first-order valence-corrected chi connectivity index (χ1v) is 7.75. The predicted octanol–water partition coefficient (Wildman–Crippen LogP) is 2.99. The molecule has 0 amide bonds. The highest BCUT2D eigenvalue weighted by Crippen LogP contribution is 2.20. The number of aromatic nitrogens is 2. The summed E-state index contributed by atoms with van der Waals surface area (Å²) in [4.78, 5) is 11.5. The lowest BCUT2D eigenvalue weighted by atomic mass is 10.0. The summed E-state index contributed by atoms with van der Waals surface area (Å²) < 4.78 is 0. The van der Waals surface area contributed by atoms with Crippen LogP contribution in [-0.4, -0.2) is 28.6 Å². The Kier molecular flexibility index (Phi) is 4.97. The van der Waals surface area contributed by atoms with Crippen LogP contribution < -0.4 is 10.2 Å². The molecule has 0 bridgehead atoms. The first-order valence-electron chi connectivity index (χ1n) is 7.75. The van der Waals surface area contributed by atoms with Crippen LogP contribution >= 0.6 is 0 Å². The third-order valence-corrected chi connectivity index (χ3v) is 3.83. The molecule has 1 atom stereocenters. The summed E-state index contributed by atoms with van der Waals surface area (Å²) in [6.07, 6.45) is 7.68. The molecule has 20 heavy (non-hydrogen) atoms. The first-order chi connectivity index (χ1) is 9.44. The Hall–Kier alpha value is -1.16. The Morgan fingerprint density at radius 3 is 2.65 bits per heavy atom. The topological polar surface area (TPSA) is 41.1 Å². The van der Waals surface area contributed by atoms with Gasteiger partial charge in [-0.3, -0.25) is 4.98 Å². The lowest BCUT2D eigenvalue weighted by molar-refractivity contribution is 0.421. The van der Waals surface area contributed by atoms with Crippen LogP contribution in [0.2, 0.25) is 0 Å². The Balaban J connectivity index is 1.93. The Labute approximate surface area is 123 Å². The van der Waals surface area contributed by atoms with E-state index in [-0.39, 0.29) is 5.54 Å². The highest BCUT2D eigenvalue weighted by Gasteiger charge is 2.15. The van der Waals surface area contributed by atoms with E-state index in [1.54, 1.807) is 0 Å². The zero-order chi connectivity index (χ0) is 14.6. The third-order valence-electron chi connectivity index (χ3n) is 3.83. The highest BCUT2D eigenvalue weighted by atomic mass is 15.2. The molecule has 1 N–H and O–H groups in total. The summed E-state index contributed by atoms with van der Waals surface area (Å²) in [5.74, 6) is 1.86. The van der Waals surface area contributed by atoms with Gasteiger partial charge in [-0.2, -0.15) is 0 Å². The number of rotatable bonds is 3. The molecule has 2 rings (SSSR count). The molecular weight excluding hydrogens is 248 g/mol. The van der Waals surface area contributed by atoms with Crippen molar-refractivity contribution in [2.24, 2.45) is 5.92 Å². The lowest BCUT2D eigenvalue weighted by Gasteiger charge is -2.22. The smallest absolute Gasteiger partial charge is 0.147 e. The van der Waals surface area contributed by atoms with Crippen molar-refractivity contribution in [3.05, 3.63) is 18.1 Å². The van der Waals surface area contributed by atoms with Crippen LogP contribution in [0.15, 0.2) is 12.4 Å². The van der Waals surface area contributed by atoms with Gasteiger partial charge < -0.3 is 10.2 Å². The normalized spacial score (nSPS) is 20.8. The summed E-state index contributed by atoms with van der Waals surface area (Å²) in [7, 11) is 0. The summed E-state index contributed by atoms with van der Waals surface area (Å²) in [6.45, 7) is 11.8. The predicted molar refractivity (Wildman–Crippen MR) is 83.9 cm³/mol. The third kappa shape index (κ3) is 4.75. The standard InChI is InChI=1S/C16H28N4/c1-13-6-5-8-20(9-7-13)15-12-17-14(10-18-15)11-19-16(2,3)4/h10,12-13,19H,5-9,11H2,1-4H3. The molecule has 1 aromatic rings. The maximum Gasteiger partial charge on any atom is 0.147 e. The van der Waals surface area contributed by atoms with Gasteiger partial charge >= 0.3 is 0 Å². The largest absolute Gasteiger partial charge is 0.355 e. The average molecular weight is 276 g/mol. The number of nitrogens with one attached hydrogen (secondary N) is 1. The molecule has 112 valence electrons. The van der Waals surface area contributed by atoms with Gasteiger partial charge in [-0.1, -0.05) is 6.92 Å². The van der Waals surface area contributed by atoms with Gasteiger partial charge in [-0.05, 0) is 46.0 Å². The van der Waals surface area contributed by atoms with Gasteiger partial charge in [0.25, 0.3) is 0 Å². The molecule has 1 saturated heterocycles. The minimum absolute atomic E-state index is 0.112. The summed E-state index contributed by atoms with van der Waals surface area (Å²) in [5, 5.41) is 3.44. The van der Waals surface area contributed by atoms with Crippen LogP contribution in [0.25, 0.3) is 0 Å². The maximum atomic E-state index is 4.59. The second-order valence-electron chi connectivity index (χ2n) is 6.99. The summed E-state index contributed by atoms with van der Waals surface area (Å²) in [5.41, 5.74) is 1.12. The van der Waals surface area contributed by atoms with Crippen molar-refractivity contribution >= 4 is 5.82 Å². The van der Waals surface area contributed by atoms with Crippen LogP contribution in [0.1, 0.15) is 52.7 Å². The van der Waals surface area contributed by atoms with Crippen LogP contribution in [-0.2, 0) is 6.54 Å². The Morgan fingerprint density at radius 2 is 2.00 bits per heavy atom. The first kappa shape index (κ1) is 15.2. The van der Waals surface area contributed by atoms with Crippen LogP contribution in [0, 0.1) is 5.92 Å². The molecule has 1 aliphatic heterocycles. The Morgan fingerprint density at radius 1 is 1.20 bits per heavy atom. The molecule has 1 fully saturated rings. The molecule has 0 spiro atoms. The van der Waals surface area contributed by atoms with E-state index in [4.69, 9.17) is 0 Å². The van der Waals surface area contributed by atoms with Gasteiger partial charge in [0.15, 0.2) is 0 Å². The van der Waals surface area contributed by atoms with Crippen molar-refractivity contribution in [2.75, 3.05) is 18.0 Å². The zero-order valence-electron chi connectivity index (χ0n) is 13.3. The molecule has 2 heterocycles. The van der Waals surface area contributed by atoms with Crippen molar-refractivity contribution in [2.45, 2.75) is 59.0 Å². The fraction of sp³-hybridized carbons (Fsp3) is 0.750. The molecule has 4 nitrogen and oxygen atoms in total. The van der Waals surface area contributed by atoms with Crippen molar-refractivity contribution in [1.82, 2.24) is 15.3 Å². The molecule has 4 heteroatoms. The van der Waals surface area contributed by atoms with E-state index in [2.05, 4.69) is 47.9 Å². The van der Waals surface area contributed by atoms with E-state index in [9.17, 15) is 0 Å². The fourth-order valence-corrected chi connectivity index (χ4v) is 2.45. The van der Waals surface area contributed by atoms with E-state index >= 15 is 0 Å². The van der Waals surface area contributed by atoms with Crippen LogP contribution in [0.3, 0.4) is 0 Å². The maximum absolute atomic E-state index is 4.59. The molecule has 1 aliphatic rings. The quantitative estimate of drug-likeness (QED) is 0.921. The minimum atomic E-state index is 0.112. The van der Waals surface area contributed by atoms with E-state index < -0.39 is 0 Å². The molecule has 0 aliphatic carbocycles. The number of hydrogen-bond donors (Lipinski definition) is 1. The average Bonchev–Trinajstić information content (AvgIpc) is 2.61. The molecule has 0 aromatic carbocycles. The Bertz CT molecular complexity index is 407. The van der Waals surface area contributed by atoms with Crippen molar-refractivity contribution in [3.63, 3.8) is 0 Å². The van der Waals surface area contributed by atoms with E-state index in [0.717, 1.165) is 37.1 Å². The monoisotopic (exact) mass is 276 g/mol. The number of anilines is 1. The summed E-state index contributed by atoms with van der Waals surface area (Å²) >= 11 is 0. The number of nitrogens with zero attached hydrogens (tertiary/aromatic N) is 3. The molecule has 0 saturated carbocycles. The van der Waals surface area contributed by atoms with Crippen LogP contribution in [0.4, 0.5) is 5.82 Å². The van der Waals surface area contributed by atoms with Gasteiger partial charge in [-0.15, -0.1) is 0 Å². The van der Waals surface area contributed by atoms with Gasteiger partial charge in [0, 0.05) is 25.2 Å². The molecule has 1 unspecified atom stereocenters. The van der Waals surface area contributed by atoms with Gasteiger partial charge in [0.1, 0.15) is 5.82 Å². The van der Waals surface area contributed by atoms with Crippen LogP contribution in [0.5, 0.6) is 0 Å². The fourth-order valence-electron chi connectivity index (χ4n) is 2.45. The van der Waals surface area contributed by atoms with Gasteiger partial charge in [0.05, 0.1) is 18.1 Å². The van der Waals surface area contributed by atoms with Gasteiger partial charge in [-0.25, -0.2) is 4.98 Å². The second-order valence-corrected chi connectivity index (χ2v) is 6.99. The zero-order valence-corrected chi connectivity index (χ0v) is 13.3. The van der Waals surface area contributed by atoms with E-state index in [1.807, 2.05) is 12.4 Å². The van der Waals surface area contributed by atoms with E-state index in [0.29, 0.717) is 0 Å². The molecule has 0 radical (unpaired) electrons. The SMILES string of the molecule is CC1CCCN(c2cnc(CNC(C)(C)C)cn2)CC1. The van der Waals surface area contributed by atoms with E-state index in [1.165, 1.54) is 19.3 Å². The van der Waals surface area contributed by atoms with Crippen molar-refractivity contribution in [3.8, 4) is 0 Å². The molecule has 1 aromatic heterocycles. The second kappa shape index (κ2) is 6.53. The van der Waals surface area contributed by atoms with Gasteiger partial charge in [0.2, 0.25) is 0 Å². The van der Waals surface area contributed by atoms with Crippen molar-refractivity contribution < 1.29 is 0 Å². The lowest BCUT2D eigenvalue weighted by Crippen LogP contribution is -2.35. The summed E-state index contributed by atoms with van der Waals surface area (Å²) in [6, 6.07) is 0. The van der Waals surface area contributed by atoms with Crippen molar-refractivity contribution in [1.29, 1.82) is 0 Å². The highest BCUT2D eigenvalue weighted by molar-refractivity contribution is 5.35. The molecular formula is C16H28N4.